The van der Waals surface area contributed by atoms with Crippen LogP contribution in [0.4, 0.5) is 4.79 Å². The van der Waals surface area contributed by atoms with E-state index in [0.717, 1.165) is 18.7 Å². The van der Waals surface area contributed by atoms with E-state index in [0.29, 0.717) is 12.3 Å². The maximum absolute atomic E-state index is 11.1. The summed E-state index contributed by atoms with van der Waals surface area (Å²) in [6.07, 6.45) is 2.59. The van der Waals surface area contributed by atoms with Crippen LogP contribution in [0.5, 0.6) is 5.75 Å². The molecule has 1 rings (SSSR count). The van der Waals surface area contributed by atoms with Crippen LogP contribution in [0.25, 0.3) is 0 Å². The Morgan fingerprint density at radius 3 is 2.79 bits per heavy atom. The van der Waals surface area contributed by atoms with E-state index in [4.69, 9.17) is 10.5 Å². The molecule has 1 heterocycles. The van der Waals surface area contributed by atoms with Gasteiger partial charge in [0.2, 0.25) is 0 Å². The van der Waals surface area contributed by atoms with E-state index >= 15 is 0 Å². The molecular weight excluding hydrogens is 248 g/mol. The topological polar surface area (TPSA) is 106 Å². The first-order valence-corrected chi connectivity index (χ1v) is 5.99. The van der Waals surface area contributed by atoms with Gasteiger partial charge in [-0.25, -0.2) is 4.79 Å². The number of nitrogens with two attached hydrogens (primary N) is 1. The van der Waals surface area contributed by atoms with Crippen LogP contribution >= 0.6 is 0 Å². The molecule has 0 aliphatic heterocycles. The molecule has 0 saturated carbocycles. The fraction of sp³-hybridized carbons (Fsp3) is 0.417. The van der Waals surface area contributed by atoms with E-state index < -0.39 is 11.9 Å². The van der Waals surface area contributed by atoms with E-state index in [2.05, 4.69) is 17.2 Å². The molecule has 3 amide bonds. The van der Waals surface area contributed by atoms with Crippen LogP contribution in [0.15, 0.2) is 18.3 Å². The number of pyridine rings is 1. The Labute approximate surface area is 111 Å². The third-order valence-electron chi connectivity index (χ3n) is 2.16. The predicted octanol–water partition coefficient (Wildman–Crippen LogP) is 0.155. The highest BCUT2D eigenvalue weighted by Crippen LogP contribution is 2.08. The molecule has 4 N–H and O–H groups in total. The van der Waals surface area contributed by atoms with Crippen molar-refractivity contribution in [2.75, 3.05) is 13.2 Å². The van der Waals surface area contributed by atoms with Crippen molar-refractivity contribution >= 4 is 11.9 Å². The van der Waals surface area contributed by atoms with Crippen molar-refractivity contribution in [1.29, 1.82) is 0 Å². The molecule has 1 aromatic rings. The molecular formula is C12H18N4O3. The monoisotopic (exact) mass is 266 g/mol. The average molecular weight is 266 g/mol. The third kappa shape index (κ3) is 6.37. The molecule has 19 heavy (non-hydrogen) atoms. The fourth-order valence-electron chi connectivity index (χ4n) is 1.32. The molecule has 0 aliphatic carbocycles. The Morgan fingerprint density at radius 1 is 1.42 bits per heavy atom. The maximum atomic E-state index is 11.1. The van der Waals surface area contributed by atoms with Crippen LogP contribution in [0, 0.1) is 0 Å². The predicted molar refractivity (Wildman–Crippen MR) is 69.5 cm³/mol. The SMILES string of the molecule is CCCNCc1ccc(OCC(=O)NC(N)=O)cn1. The molecule has 7 nitrogen and oxygen atoms in total. The first-order chi connectivity index (χ1) is 9.11. The second kappa shape index (κ2) is 8.04. The number of ether oxygens (including phenoxy) is 1. The van der Waals surface area contributed by atoms with Crippen molar-refractivity contribution in [1.82, 2.24) is 15.6 Å². The minimum atomic E-state index is -0.899. The van der Waals surface area contributed by atoms with Gasteiger partial charge in [-0.2, -0.15) is 0 Å². The molecule has 0 spiro atoms. The van der Waals surface area contributed by atoms with Gasteiger partial charge < -0.3 is 15.8 Å². The molecule has 104 valence electrons. The van der Waals surface area contributed by atoms with E-state index in [9.17, 15) is 9.59 Å². The molecule has 0 bridgehead atoms. The summed E-state index contributed by atoms with van der Waals surface area (Å²) in [6, 6.07) is 2.63. The summed E-state index contributed by atoms with van der Waals surface area (Å²) in [5, 5.41) is 5.13. The number of nitrogens with zero attached hydrogens (tertiary/aromatic N) is 1. The Balaban J connectivity index is 2.35. The van der Waals surface area contributed by atoms with E-state index in [1.165, 1.54) is 6.20 Å². The highest BCUT2D eigenvalue weighted by atomic mass is 16.5. The normalized spacial score (nSPS) is 9.95. The number of carbonyl (C=O) groups excluding carboxylic acids is 2. The van der Waals surface area contributed by atoms with Gasteiger partial charge in [-0.3, -0.25) is 15.1 Å². The van der Waals surface area contributed by atoms with Crippen molar-refractivity contribution < 1.29 is 14.3 Å². The van der Waals surface area contributed by atoms with Crippen LogP contribution in [0.2, 0.25) is 0 Å². The lowest BCUT2D eigenvalue weighted by molar-refractivity contribution is -0.121. The lowest BCUT2D eigenvalue weighted by Gasteiger charge is -2.06. The number of hydrogen-bond donors (Lipinski definition) is 3. The van der Waals surface area contributed by atoms with E-state index in [1.807, 2.05) is 11.4 Å². The molecule has 0 saturated heterocycles. The van der Waals surface area contributed by atoms with Crippen LogP contribution in [-0.4, -0.2) is 30.1 Å². The van der Waals surface area contributed by atoms with Crippen molar-refractivity contribution in [3.8, 4) is 5.75 Å². The standard InChI is InChI=1S/C12H18N4O3/c1-2-5-14-6-9-3-4-10(7-15-9)19-8-11(17)16-12(13)18/h3-4,7,14H,2,5-6,8H2,1H3,(H3,13,16,17,18). The molecule has 0 radical (unpaired) electrons. The summed E-state index contributed by atoms with van der Waals surface area (Å²) >= 11 is 0. The maximum Gasteiger partial charge on any atom is 0.318 e. The minimum Gasteiger partial charge on any atom is -0.482 e. The minimum absolute atomic E-state index is 0.280. The number of urea groups is 1. The Hall–Kier alpha value is -2.15. The number of amides is 3. The highest BCUT2D eigenvalue weighted by Gasteiger charge is 2.05. The average Bonchev–Trinajstić information content (AvgIpc) is 2.37. The summed E-state index contributed by atoms with van der Waals surface area (Å²) in [7, 11) is 0. The second-order valence-corrected chi connectivity index (χ2v) is 3.86. The van der Waals surface area contributed by atoms with Crippen molar-refractivity contribution in [3.63, 3.8) is 0 Å². The van der Waals surface area contributed by atoms with Gasteiger partial charge in [-0.15, -0.1) is 0 Å². The zero-order valence-electron chi connectivity index (χ0n) is 10.8. The van der Waals surface area contributed by atoms with Gasteiger partial charge in [-0.05, 0) is 25.1 Å². The second-order valence-electron chi connectivity index (χ2n) is 3.86. The molecule has 0 aliphatic rings. The lowest BCUT2D eigenvalue weighted by Crippen LogP contribution is -2.38. The van der Waals surface area contributed by atoms with Crippen molar-refractivity contribution in [3.05, 3.63) is 24.0 Å². The smallest absolute Gasteiger partial charge is 0.318 e. The molecule has 0 fully saturated rings. The van der Waals surface area contributed by atoms with Crippen LogP contribution < -0.4 is 21.1 Å². The number of primary amides is 1. The number of hydrogen-bond acceptors (Lipinski definition) is 5. The number of carbonyl (C=O) groups is 2. The van der Waals surface area contributed by atoms with E-state index in [-0.39, 0.29) is 6.61 Å². The lowest BCUT2D eigenvalue weighted by atomic mass is 10.3. The van der Waals surface area contributed by atoms with Crippen LogP contribution in [-0.2, 0) is 11.3 Å². The quantitative estimate of drug-likeness (QED) is 0.609. The van der Waals surface area contributed by atoms with Crippen LogP contribution in [0.3, 0.4) is 0 Å². The highest BCUT2D eigenvalue weighted by molar-refractivity contribution is 5.94. The van der Waals surface area contributed by atoms with Gasteiger partial charge in [0.15, 0.2) is 6.61 Å². The first kappa shape index (κ1) is 14.9. The summed E-state index contributed by atoms with van der Waals surface area (Å²) < 4.78 is 5.15. The zero-order valence-corrected chi connectivity index (χ0v) is 10.8. The Bertz CT molecular complexity index is 419. The third-order valence-corrected chi connectivity index (χ3v) is 2.16. The Morgan fingerprint density at radius 2 is 2.21 bits per heavy atom. The molecule has 0 unspecified atom stereocenters. The number of imide groups is 1. The van der Waals surface area contributed by atoms with Crippen LogP contribution in [0.1, 0.15) is 19.0 Å². The summed E-state index contributed by atoms with van der Waals surface area (Å²) in [6.45, 7) is 3.44. The molecule has 0 atom stereocenters. The number of rotatable bonds is 7. The molecule has 7 heteroatoms. The summed E-state index contributed by atoms with van der Waals surface area (Å²) in [5.74, 6) is -0.139. The zero-order chi connectivity index (χ0) is 14.1. The van der Waals surface area contributed by atoms with E-state index in [1.54, 1.807) is 6.07 Å². The van der Waals surface area contributed by atoms with Gasteiger partial charge in [0.1, 0.15) is 5.75 Å². The number of nitrogens with one attached hydrogen (secondary N) is 2. The number of aromatic nitrogens is 1. The molecule has 1 aromatic heterocycles. The van der Waals surface area contributed by atoms with Gasteiger partial charge in [0, 0.05) is 6.54 Å². The molecule has 0 aromatic carbocycles. The summed E-state index contributed by atoms with van der Waals surface area (Å²) in [5.41, 5.74) is 5.69. The van der Waals surface area contributed by atoms with Gasteiger partial charge in [-0.1, -0.05) is 6.92 Å². The van der Waals surface area contributed by atoms with Crippen molar-refractivity contribution in [2.24, 2.45) is 5.73 Å². The van der Waals surface area contributed by atoms with Crippen molar-refractivity contribution in [2.45, 2.75) is 19.9 Å². The first-order valence-electron chi connectivity index (χ1n) is 5.99. The van der Waals surface area contributed by atoms with Gasteiger partial charge >= 0.3 is 6.03 Å². The van der Waals surface area contributed by atoms with Gasteiger partial charge in [0.05, 0.1) is 11.9 Å². The van der Waals surface area contributed by atoms with Gasteiger partial charge in [0.25, 0.3) is 5.91 Å². The fourth-order valence-corrected chi connectivity index (χ4v) is 1.32. The Kier molecular flexibility index (Phi) is 6.31. The summed E-state index contributed by atoms with van der Waals surface area (Å²) in [4.78, 5) is 25.7. The largest absolute Gasteiger partial charge is 0.482 e.